The lowest BCUT2D eigenvalue weighted by molar-refractivity contribution is 0.388. The normalized spacial score (nSPS) is 13.1. The van der Waals surface area contributed by atoms with Gasteiger partial charge in [0.15, 0.2) is 5.82 Å². The maximum Gasteiger partial charge on any atom is 0.346 e. The van der Waals surface area contributed by atoms with Crippen LogP contribution in [0.25, 0.3) is 0 Å². The lowest BCUT2D eigenvalue weighted by atomic mass is 10.6. The molecule has 1 aromatic heterocycles. The van der Waals surface area contributed by atoms with Crippen LogP contribution in [0.2, 0.25) is 0 Å². The van der Waals surface area contributed by atoms with Crippen molar-refractivity contribution in [3.8, 4) is 0 Å². The van der Waals surface area contributed by atoms with E-state index >= 15 is 0 Å². The summed E-state index contributed by atoms with van der Waals surface area (Å²) in [6.45, 7) is 4.82. The summed E-state index contributed by atoms with van der Waals surface area (Å²) in [6, 6.07) is 0. The number of halogens is 2. The third-order valence-corrected chi connectivity index (χ3v) is 2.64. The van der Waals surface area contributed by atoms with Gasteiger partial charge in [-0.2, -0.15) is 5.10 Å². The van der Waals surface area contributed by atoms with E-state index in [2.05, 4.69) is 27.7 Å². The van der Waals surface area contributed by atoms with Crippen LogP contribution in [0.1, 0.15) is 23.7 Å². The number of hydrogen-bond acceptors (Lipinski definition) is 3. The molecule has 0 aliphatic carbocycles. The predicted octanol–water partition coefficient (Wildman–Crippen LogP) is 1.88. The molecular weight excluding hydrogens is 412 g/mol. The first-order valence-electron chi connectivity index (χ1n) is 4.17. The highest BCUT2D eigenvalue weighted by molar-refractivity contribution is 14.1. The molecule has 7 heteroatoms. The first-order valence-corrected chi connectivity index (χ1v) is 6.30. The van der Waals surface area contributed by atoms with Gasteiger partial charge in [-0.25, -0.2) is 9.48 Å². The molecule has 0 aliphatic heterocycles. The van der Waals surface area contributed by atoms with Gasteiger partial charge >= 0.3 is 5.69 Å². The molecule has 1 rings (SSSR count). The Kier molecular flexibility index (Phi) is 4.83. The third kappa shape index (κ3) is 2.48. The Hall–Kier alpha value is 0.360. The second-order valence-electron chi connectivity index (χ2n) is 2.72. The predicted molar refractivity (Wildman–Crippen MR) is 69.7 cm³/mol. The summed E-state index contributed by atoms with van der Waals surface area (Å²) in [6.07, 6.45) is 0. The molecule has 1 atom stereocenters. The fraction of sp³-hybridized carbons (Fsp3) is 0.714. The summed E-state index contributed by atoms with van der Waals surface area (Å²) in [5, 5.41) is 4.20. The largest absolute Gasteiger partial charge is 0.346 e. The molecule has 0 bridgehead atoms. The van der Waals surface area contributed by atoms with Crippen LogP contribution >= 0.6 is 45.6 Å². The Morgan fingerprint density at radius 2 is 2.29 bits per heavy atom. The summed E-state index contributed by atoms with van der Waals surface area (Å²) in [4.78, 5) is 11.7. The van der Waals surface area contributed by atoms with E-state index in [1.165, 1.54) is 4.68 Å². The zero-order chi connectivity index (χ0) is 10.7. The second kappa shape index (κ2) is 5.45. The van der Waals surface area contributed by atoms with Gasteiger partial charge in [0.05, 0.1) is 0 Å². The van der Waals surface area contributed by atoms with Gasteiger partial charge in [-0.05, 0) is 13.8 Å². The second-order valence-corrected chi connectivity index (χ2v) is 5.14. The molecule has 0 N–H and O–H groups in total. The van der Waals surface area contributed by atoms with E-state index in [1.807, 2.05) is 13.8 Å². The average Bonchev–Trinajstić information content (AvgIpc) is 2.43. The molecule has 5 nitrogen and oxygen atoms in total. The van der Waals surface area contributed by atoms with E-state index in [1.54, 1.807) is 27.6 Å². The first kappa shape index (κ1) is 12.4. The zero-order valence-electron chi connectivity index (χ0n) is 7.91. The molecule has 1 unspecified atom stereocenters. The van der Waals surface area contributed by atoms with Crippen molar-refractivity contribution in [1.82, 2.24) is 14.3 Å². The molecule has 1 heterocycles. The van der Waals surface area contributed by atoms with Gasteiger partial charge in [0, 0.05) is 6.54 Å². The Morgan fingerprint density at radius 3 is 2.71 bits per heavy atom. The lowest BCUT2D eigenvalue weighted by Crippen LogP contribution is -2.25. The van der Waals surface area contributed by atoms with Gasteiger partial charge in [-0.1, -0.05) is 22.6 Å². The number of nitrogens with zero attached hydrogens (tertiary/aromatic N) is 3. The summed E-state index contributed by atoms with van der Waals surface area (Å²) >= 11 is 3.95. The van der Waals surface area contributed by atoms with Crippen molar-refractivity contribution >= 4 is 45.6 Å². The molecule has 0 spiro atoms. The van der Waals surface area contributed by atoms with Gasteiger partial charge < -0.3 is 3.07 Å². The van der Waals surface area contributed by atoms with Gasteiger partial charge in [0.25, 0.3) is 0 Å². The van der Waals surface area contributed by atoms with Crippen molar-refractivity contribution in [2.75, 3.05) is 0 Å². The molecule has 0 aromatic carbocycles. The molecule has 0 saturated carbocycles. The number of rotatable bonds is 4. The fourth-order valence-electron chi connectivity index (χ4n) is 1.16. The fourth-order valence-corrected chi connectivity index (χ4v) is 1.80. The minimum absolute atomic E-state index is 0.0564. The van der Waals surface area contributed by atoms with Gasteiger partial charge in [0.2, 0.25) is 0 Å². The maximum absolute atomic E-state index is 11.7. The Labute approximate surface area is 110 Å². The van der Waals surface area contributed by atoms with Crippen LogP contribution in [0.5, 0.6) is 0 Å². The van der Waals surface area contributed by atoms with E-state index in [9.17, 15) is 4.79 Å². The molecule has 0 saturated heterocycles. The number of hydrogen-bond donors (Lipinski definition) is 0. The summed E-state index contributed by atoms with van der Waals surface area (Å²) < 4.78 is 8.09. The Morgan fingerprint density at radius 1 is 1.64 bits per heavy atom. The van der Waals surface area contributed by atoms with Crippen LogP contribution in [0.15, 0.2) is 4.79 Å². The number of aromatic nitrogens is 3. The minimum atomic E-state index is -0.0714. The van der Waals surface area contributed by atoms with E-state index in [0.29, 0.717) is 19.0 Å². The summed E-state index contributed by atoms with van der Waals surface area (Å²) in [7, 11) is 0. The van der Waals surface area contributed by atoms with E-state index in [4.69, 9.17) is 3.07 Å². The zero-order valence-corrected chi connectivity index (χ0v) is 12.2. The summed E-state index contributed by atoms with van der Waals surface area (Å²) in [5.41, 5.74) is -0.0714. The van der Waals surface area contributed by atoms with Crippen LogP contribution < -0.4 is 5.69 Å². The Balaban J connectivity index is 3.18. The molecule has 0 amide bonds. The molecular formula is C7H11I2N3O2. The van der Waals surface area contributed by atoms with Gasteiger partial charge in [0.1, 0.15) is 33.7 Å². The minimum Gasteiger partial charge on any atom is -0.308 e. The topological polar surface area (TPSA) is 49.0 Å². The van der Waals surface area contributed by atoms with E-state index in [-0.39, 0.29) is 9.74 Å². The van der Waals surface area contributed by atoms with Crippen LogP contribution in [-0.4, -0.2) is 14.3 Å². The summed E-state index contributed by atoms with van der Waals surface area (Å²) in [5.74, 6) is 0.676. The smallest absolute Gasteiger partial charge is 0.308 e. The van der Waals surface area contributed by atoms with Crippen molar-refractivity contribution in [1.29, 1.82) is 0 Å². The molecule has 80 valence electrons. The van der Waals surface area contributed by atoms with Gasteiger partial charge in [-0.15, -0.1) is 0 Å². The van der Waals surface area contributed by atoms with Crippen LogP contribution in [0.3, 0.4) is 0 Å². The van der Waals surface area contributed by atoms with Gasteiger partial charge in [-0.3, -0.25) is 4.57 Å². The molecule has 0 fully saturated rings. The van der Waals surface area contributed by atoms with Crippen LogP contribution in [0, 0.1) is 0 Å². The standard InChI is InChI=1S/C7H11I2N3O2/c1-3-11-6(4-14-9)10-12(5(2)8)7(11)13/h5H,3-4H2,1-2H3. The molecule has 0 aliphatic rings. The van der Waals surface area contributed by atoms with Crippen LogP contribution in [0.4, 0.5) is 0 Å². The van der Waals surface area contributed by atoms with E-state index < -0.39 is 0 Å². The van der Waals surface area contributed by atoms with Crippen molar-refractivity contribution in [3.63, 3.8) is 0 Å². The number of alkyl halides is 1. The van der Waals surface area contributed by atoms with Crippen LogP contribution in [-0.2, 0) is 16.2 Å². The van der Waals surface area contributed by atoms with E-state index in [0.717, 1.165) is 0 Å². The Bertz CT molecular complexity index is 358. The lowest BCUT2D eigenvalue weighted by Gasteiger charge is -1.98. The third-order valence-electron chi connectivity index (χ3n) is 1.80. The quantitative estimate of drug-likeness (QED) is 0.550. The highest BCUT2D eigenvalue weighted by Crippen LogP contribution is 2.11. The molecule has 0 radical (unpaired) electrons. The SMILES string of the molecule is CCn1c(COI)nn(C(C)I)c1=O. The highest BCUT2D eigenvalue weighted by atomic mass is 127. The van der Waals surface area contributed by atoms with Crippen molar-refractivity contribution in [3.05, 3.63) is 16.3 Å². The maximum atomic E-state index is 11.7. The molecule has 1 aromatic rings. The van der Waals surface area contributed by atoms with Crippen molar-refractivity contribution < 1.29 is 3.07 Å². The highest BCUT2D eigenvalue weighted by Gasteiger charge is 2.14. The molecule has 14 heavy (non-hydrogen) atoms. The monoisotopic (exact) mass is 423 g/mol. The first-order chi connectivity index (χ1) is 6.61. The van der Waals surface area contributed by atoms with Crippen molar-refractivity contribution in [2.24, 2.45) is 0 Å². The van der Waals surface area contributed by atoms with Crippen molar-refractivity contribution in [2.45, 2.75) is 31.0 Å². The average molecular weight is 423 g/mol.